The highest BCUT2D eigenvalue weighted by Gasteiger charge is 2.29. The fraction of sp³-hybridized carbons (Fsp3) is 0.552. The monoisotopic (exact) mass is 538 g/mol. The molecule has 212 valence electrons. The summed E-state index contributed by atoms with van der Waals surface area (Å²) >= 11 is 0. The molecule has 1 aliphatic rings. The Hall–Kier alpha value is -3.53. The van der Waals surface area contributed by atoms with Crippen molar-refractivity contribution in [2.75, 3.05) is 13.1 Å². The number of hydrogen-bond donors (Lipinski definition) is 2. The number of aliphatic imine (C=N–C) groups is 1. The maximum atomic E-state index is 12.3. The molecule has 0 aliphatic carbocycles. The van der Waals surface area contributed by atoms with Crippen LogP contribution in [0.15, 0.2) is 35.6 Å². The summed E-state index contributed by atoms with van der Waals surface area (Å²) in [6.45, 7) is 16.1. The molecule has 3 heterocycles. The second-order valence-corrected chi connectivity index (χ2v) is 11.4. The van der Waals surface area contributed by atoms with E-state index in [0.717, 1.165) is 35.4 Å². The number of nitrogens with zero attached hydrogens (tertiary/aromatic N) is 5. The van der Waals surface area contributed by atoms with Gasteiger partial charge in [-0.05, 0) is 76.1 Å². The van der Waals surface area contributed by atoms with E-state index in [4.69, 9.17) is 14.7 Å². The Kier molecular flexibility index (Phi) is 10.0. The van der Waals surface area contributed by atoms with Crippen LogP contribution < -0.4 is 5.32 Å². The number of amides is 2. The van der Waals surface area contributed by atoms with Crippen molar-refractivity contribution in [1.82, 2.24) is 25.1 Å². The van der Waals surface area contributed by atoms with Crippen molar-refractivity contribution in [3.8, 4) is 0 Å². The minimum atomic E-state index is -1.28. The second-order valence-electron chi connectivity index (χ2n) is 11.4. The van der Waals surface area contributed by atoms with Gasteiger partial charge in [-0.25, -0.2) is 9.59 Å². The lowest BCUT2D eigenvalue weighted by Gasteiger charge is -2.39. The van der Waals surface area contributed by atoms with Gasteiger partial charge >= 0.3 is 12.2 Å². The van der Waals surface area contributed by atoms with Crippen LogP contribution in [0.1, 0.15) is 81.5 Å². The van der Waals surface area contributed by atoms with Gasteiger partial charge in [-0.15, -0.1) is 4.99 Å². The van der Waals surface area contributed by atoms with Crippen molar-refractivity contribution in [2.45, 2.75) is 92.0 Å². The van der Waals surface area contributed by atoms with Gasteiger partial charge in [0, 0.05) is 44.6 Å². The van der Waals surface area contributed by atoms with E-state index in [0.29, 0.717) is 32.1 Å². The zero-order valence-electron chi connectivity index (χ0n) is 24.2. The van der Waals surface area contributed by atoms with E-state index < -0.39 is 17.8 Å². The molecule has 39 heavy (non-hydrogen) atoms. The maximum Gasteiger partial charge on any atom is 0.437 e. The molecule has 0 aromatic carbocycles. The largest absolute Gasteiger partial charge is 0.465 e. The Bertz CT molecular complexity index is 1180. The van der Waals surface area contributed by atoms with Crippen LogP contribution in [0.2, 0.25) is 0 Å². The number of carbonyl (C=O) groups is 2. The van der Waals surface area contributed by atoms with Crippen LogP contribution in [-0.4, -0.2) is 67.8 Å². The number of carboxylic acid groups (broad SMARTS) is 1. The molecule has 0 spiro atoms. The lowest BCUT2D eigenvalue weighted by molar-refractivity contribution is 0.0599. The van der Waals surface area contributed by atoms with Gasteiger partial charge in [0.2, 0.25) is 5.96 Å². The molecule has 0 atom stereocenters. The van der Waals surface area contributed by atoms with Crippen LogP contribution in [0.25, 0.3) is 0 Å². The number of ether oxygens (including phenoxy) is 1. The summed E-state index contributed by atoms with van der Waals surface area (Å²) in [5.41, 5.74) is 4.87. The normalized spacial score (nSPS) is 15.1. The number of hydrogen-bond acceptors (Lipinski definition) is 6. The summed E-state index contributed by atoms with van der Waals surface area (Å²) in [5, 5.41) is 11.6. The Morgan fingerprint density at radius 3 is 2.44 bits per heavy atom. The summed E-state index contributed by atoms with van der Waals surface area (Å²) < 4.78 is 5.27. The fourth-order valence-electron chi connectivity index (χ4n) is 4.80. The topological polar surface area (TPSA) is 120 Å². The predicted molar refractivity (Wildman–Crippen MR) is 151 cm³/mol. The van der Waals surface area contributed by atoms with E-state index in [2.05, 4.69) is 48.1 Å². The van der Waals surface area contributed by atoms with Gasteiger partial charge in [-0.2, -0.15) is 0 Å². The van der Waals surface area contributed by atoms with Gasteiger partial charge in [-0.3, -0.25) is 20.2 Å². The number of piperidine rings is 1. The van der Waals surface area contributed by atoms with Crippen LogP contribution in [0, 0.1) is 13.8 Å². The van der Waals surface area contributed by atoms with Crippen molar-refractivity contribution < 1.29 is 19.4 Å². The van der Waals surface area contributed by atoms with Gasteiger partial charge in [-0.1, -0.05) is 26.0 Å². The van der Waals surface area contributed by atoms with E-state index in [1.54, 1.807) is 25.7 Å². The zero-order valence-corrected chi connectivity index (χ0v) is 24.2. The molecule has 1 fully saturated rings. The first kappa shape index (κ1) is 30.0. The summed E-state index contributed by atoms with van der Waals surface area (Å²) in [5.74, 6) is 0.343. The molecular weight excluding hydrogens is 496 g/mol. The molecule has 10 nitrogen and oxygen atoms in total. The number of aryl methyl sites for hydroxylation is 2. The summed E-state index contributed by atoms with van der Waals surface area (Å²) in [6, 6.07) is 6.48. The molecule has 2 aromatic rings. The molecule has 10 heteroatoms. The van der Waals surface area contributed by atoms with Crippen molar-refractivity contribution in [3.63, 3.8) is 0 Å². The third-order valence-electron chi connectivity index (χ3n) is 6.67. The number of nitrogens with one attached hydrogen (secondary N) is 1. The van der Waals surface area contributed by atoms with E-state index in [1.807, 2.05) is 25.4 Å². The highest BCUT2D eigenvalue weighted by molar-refractivity contribution is 5.98. The van der Waals surface area contributed by atoms with Gasteiger partial charge < -0.3 is 14.7 Å². The highest BCUT2D eigenvalue weighted by Crippen LogP contribution is 2.25. The van der Waals surface area contributed by atoms with Crippen molar-refractivity contribution >= 4 is 18.1 Å². The van der Waals surface area contributed by atoms with E-state index >= 15 is 0 Å². The van der Waals surface area contributed by atoms with Crippen molar-refractivity contribution in [2.24, 2.45) is 4.99 Å². The quantitative estimate of drug-likeness (QED) is 0.378. The minimum Gasteiger partial charge on any atom is -0.465 e. The first-order chi connectivity index (χ1) is 18.3. The number of rotatable bonds is 6. The Morgan fingerprint density at radius 1 is 1.18 bits per heavy atom. The highest BCUT2D eigenvalue weighted by atomic mass is 16.6. The average Bonchev–Trinajstić information content (AvgIpc) is 2.83. The molecule has 0 saturated carbocycles. The number of likely N-dealkylation sites (tertiary alicyclic amines) is 1. The van der Waals surface area contributed by atoms with Gasteiger partial charge in [0.05, 0.1) is 11.4 Å². The Labute approximate surface area is 231 Å². The molecular formula is C29H42N6O4. The van der Waals surface area contributed by atoms with Crippen LogP contribution >= 0.6 is 0 Å². The van der Waals surface area contributed by atoms with Crippen molar-refractivity contribution in [3.05, 3.63) is 58.7 Å². The molecule has 1 saturated heterocycles. The standard InChI is InChI=1S/C29H42N6O4/c1-19(2)23-9-8-12-30-25(23)18-35(17-24-21(4)15-20(3)16-31-24)22-10-13-34(14-11-22)26(32-27(36)37)33-28(38)39-29(5,6)7/h8-9,12,15-16,19,22H,10-11,13-14,17-18H2,1-7H3,(H,36,37)(H,32,33,38). The third-order valence-corrected chi connectivity index (χ3v) is 6.67. The first-order valence-corrected chi connectivity index (χ1v) is 13.5. The van der Waals surface area contributed by atoms with E-state index in [1.165, 1.54) is 5.56 Å². The first-order valence-electron chi connectivity index (χ1n) is 13.5. The molecule has 2 aromatic heterocycles. The number of guanidine groups is 1. The number of aromatic nitrogens is 2. The fourth-order valence-corrected chi connectivity index (χ4v) is 4.80. The Morgan fingerprint density at radius 2 is 1.85 bits per heavy atom. The van der Waals surface area contributed by atoms with E-state index in [-0.39, 0.29) is 12.0 Å². The average molecular weight is 539 g/mol. The van der Waals surface area contributed by atoms with Crippen LogP contribution in [0.5, 0.6) is 0 Å². The lowest BCUT2D eigenvalue weighted by Crippen LogP contribution is -2.51. The number of carbonyl (C=O) groups excluding carboxylic acids is 1. The molecule has 2 N–H and O–H groups in total. The van der Waals surface area contributed by atoms with Crippen LogP contribution in [-0.2, 0) is 17.8 Å². The molecule has 3 rings (SSSR count). The van der Waals surface area contributed by atoms with Crippen LogP contribution in [0.4, 0.5) is 9.59 Å². The molecule has 2 amide bonds. The second kappa shape index (κ2) is 13.0. The SMILES string of the molecule is Cc1cnc(CN(Cc2ncccc2C(C)C)C2CCN(/C(=N/C(=O)OC(C)(C)C)NC(=O)O)CC2)c(C)c1. The maximum absolute atomic E-state index is 12.3. The number of pyridine rings is 2. The molecule has 0 bridgehead atoms. The summed E-state index contributed by atoms with van der Waals surface area (Å²) in [7, 11) is 0. The van der Waals surface area contributed by atoms with Gasteiger partial charge in [0.1, 0.15) is 5.60 Å². The molecule has 0 unspecified atom stereocenters. The minimum absolute atomic E-state index is 0.00962. The third kappa shape index (κ3) is 9.02. The van der Waals surface area contributed by atoms with Gasteiger partial charge in [0.25, 0.3) is 0 Å². The molecule has 1 aliphatic heterocycles. The Balaban J connectivity index is 1.82. The van der Waals surface area contributed by atoms with Crippen molar-refractivity contribution in [1.29, 1.82) is 0 Å². The van der Waals surface area contributed by atoms with E-state index in [9.17, 15) is 14.7 Å². The summed E-state index contributed by atoms with van der Waals surface area (Å²) in [4.78, 5) is 41.4. The smallest absolute Gasteiger partial charge is 0.437 e. The predicted octanol–water partition coefficient (Wildman–Crippen LogP) is 5.24. The summed E-state index contributed by atoms with van der Waals surface area (Å²) in [6.07, 6.45) is 3.15. The van der Waals surface area contributed by atoms with Gasteiger partial charge in [0.15, 0.2) is 0 Å². The molecule has 0 radical (unpaired) electrons. The lowest BCUT2D eigenvalue weighted by atomic mass is 9.98. The van der Waals surface area contributed by atoms with Crippen LogP contribution in [0.3, 0.4) is 0 Å². The zero-order chi connectivity index (χ0) is 28.7.